The molecule has 1 atom stereocenters. The van der Waals surface area contributed by atoms with E-state index in [1.807, 2.05) is 32.2 Å². The van der Waals surface area contributed by atoms with Crippen LogP contribution in [0, 0.1) is 6.92 Å². The van der Waals surface area contributed by atoms with E-state index in [1.165, 1.54) is 11.1 Å². The molecule has 0 spiro atoms. The van der Waals surface area contributed by atoms with Gasteiger partial charge in [-0.1, -0.05) is 30.3 Å². The lowest BCUT2D eigenvalue weighted by Crippen LogP contribution is -2.32. The topological polar surface area (TPSA) is 32.3 Å². The van der Waals surface area contributed by atoms with Crippen molar-refractivity contribution in [3.05, 3.63) is 63.6 Å². The minimum absolute atomic E-state index is 0.0152. The molecule has 0 aromatic heterocycles. The van der Waals surface area contributed by atoms with Crippen LogP contribution in [0.15, 0.2) is 46.9 Å². The van der Waals surface area contributed by atoms with E-state index in [0.717, 1.165) is 28.6 Å². The number of rotatable bonds is 4. The fraction of sp³-hybridized carbons (Fsp3) is 0.316. The van der Waals surface area contributed by atoms with Crippen molar-refractivity contribution in [1.82, 2.24) is 4.90 Å². The zero-order valence-electron chi connectivity index (χ0n) is 13.5. The number of carbonyl (C=O) groups is 1. The van der Waals surface area contributed by atoms with E-state index >= 15 is 0 Å². The van der Waals surface area contributed by atoms with Crippen molar-refractivity contribution < 1.29 is 4.79 Å². The Morgan fingerprint density at radius 2 is 2.09 bits per heavy atom. The summed E-state index contributed by atoms with van der Waals surface area (Å²) in [6.45, 7) is 2.42. The van der Waals surface area contributed by atoms with Crippen LogP contribution in [0.4, 0.5) is 5.69 Å². The minimum Gasteiger partial charge on any atom is -0.324 e. The Bertz CT molecular complexity index is 729. The Labute approximate surface area is 145 Å². The maximum Gasteiger partial charge on any atom is 0.238 e. The summed E-state index contributed by atoms with van der Waals surface area (Å²) in [6, 6.07) is 14.8. The Morgan fingerprint density at radius 3 is 2.87 bits per heavy atom. The van der Waals surface area contributed by atoms with Crippen LogP contribution in [0.3, 0.4) is 0 Å². The molecule has 4 heteroatoms. The first kappa shape index (κ1) is 16.2. The molecule has 0 radical (unpaired) electrons. The highest BCUT2D eigenvalue weighted by molar-refractivity contribution is 9.10. The molecule has 2 aromatic carbocycles. The van der Waals surface area contributed by atoms with Crippen molar-refractivity contribution in [2.45, 2.75) is 25.8 Å². The average molecular weight is 373 g/mol. The van der Waals surface area contributed by atoms with Crippen LogP contribution >= 0.6 is 15.9 Å². The van der Waals surface area contributed by atoms with E-state index in [0.29, 0.717) is 12.6 Å². The number of likely N-dealkylation sites (N-methyl/N-ethyl adjacent to an activating group) is 1. The van der Waals surface area contributed by atoms with E-state index in [9.17, 15) is 4.79 Å². The normalized spacial score (nSPS) is 16.4. The highest BCUT2D eigenvalue weighted by Crippen LogP contribution is 2.34. The zero-order chi connectivity index (χ0) is 16.4. The van der Waals surface area contributed by atoms with Crippen LogP contribution in [0.5, 0.6) is 0 Å². The fourth-order valence-corrected chi connectivity index (χ4v) is 3.83. The first-order chi connectivity index (χ1) is 11.0. The number of halogens is 1. The third-order valence-electron chi connectivity index (χ3n) is 4.42. The standard InChI is InChI=1S/C19H21BrN2O/c1-13-7-9-17(16(20)11-13)21-19(23)12-22(2)18-10-8-14-5-3-4-6-15(14)18/h3-7,9,11,18H,8,10,12H2,1-2H3,(H,21,23)/t18-/m1/s1. The van der Waals surface area contributed by atoms with Crippen LogP contribution in [0.1, 0.15) is 29.2 Å². The Hall–Kier alpha value is -1.65. The second kappa shape index (κ2) is 6.85. The quantitative estimate of drug-likeness (QED) is 0.866. The first-order valence-electron chi connectivity index (χ1n) is 7.88. The van der Waals surface area contributed by atoms with Crippen molar-refractivity contribution in [1.29, 1.82) is 0 Å². The maximum atomic E-state index is 12.4. The van der Waals surface area contributed by atoms with E-state index in [2.05, 4.69) is 50.4 Å². The first-order valence-corrected chi connectivity index (χ1v) is 8.68. The number of fused-ring (bicyclic) bond motifs is 1. The van der Waals surface area contributed by atoms with E-state index in [-0.39, 0.29) is 5.91 Å². The van der Waals surface area contributed by atoms with Gasteiger partial charge in [0.1, 0.15) is 0 Å². The number of aryl methyl sites for hydroxylation is 2. The molecule has 0 unspecified atom stereocenters. The molecule has 0 aliphatic heterocycles. The van der Waals surface area contributed by atoms with Gasteiger partial charge >= 0.3 is 0 Å². The molecule has 1 aliphatic carbocycles. The molecule has 0 heterocycles. The number of carbonyl (C=O) groups excluding carboxylic acids is 1. The van der Waals surface area contributed by atoms with Crippen LogP contribution in [-0.2, 0) is 11.2 Å². The van der Waals surface area contributed by atoms with Crippen LogP contribution < -0.4 is 5.32 Å². The van der Waals surface area contributed by atoms with Gasteiger partial charge in [-0.3, -0.25) is 9.69 Å². The van der Waals surface area contributed by atoms with E-state index < -0.39 is 0 Å². The summed E-state index contributed by atoms with van der Waals surface area (Å²) in [5.41, 5.74) is 4.75. The van der Waals surface area contributed by atoms with Crippen LogP contribution in [-0.4, -0.2) is 24.4 Å². The summed E-state index contributed by atoms with van der Waals surface area (Å²) in [6.07, 6.45) is 2.17. The number of hydrogen-bond acceptors (Lipinski definition) is 2. The summed E-state index contributed by atoms with van der Waals surface area (Å²) in [7, 11) is 2.02. The van der Waals surface area contributed by atoms with Crippen LogP contribution in [0.2, 0.25) is 0 Å². The molecule has 1 aliphatic rings. The monoisotopic (exact) mass is 372 g/mol. The molecule has 120 valence electrons. The molecule has 0 fully saturated rings. The molecule has 3 nitrogen and oxygen atoms in total. The van der Waals surface area contributed by atoms with Gasteiger partial charge in [-0.15, -0.1) is 0 Å². The number of nitrogens with one attached hydrogen (secondary N) is 1. The van der Waals surface area contributed by atoms with Crippen molar-refractivity contribution >= 4 is 27.5 Å². The van der Waals surface area contributed by atoms with Crippen molar-refractivity contribution in [2.24, 2.45) is 0 Å². The number of amides is 1. The highest BCUT2D eigenvalue weighted by atomic mass is 79.9. The lowest BCUT2D eigenvalue weighted by atomic mass is 10.1. The number of hydrogen-bond donors (Lipinski definition) is 1. The third-order valence-corrected chi connectivity index (χ3v) is 5.08. The second-order valence-corrected chi connectivity index (χ2v) is 7.05. The average Bonchev–Trinajstić information content (AvgIpc) is 2.94. The predicted molar refractivity (Wildman–Crippen MR) is 97.6 cm³/mol. The van der Waals surface area contributed by atoms with Crippen molar-refractivity contribution in [3.8, 4) is 0 Å². The number of nitrogens with zero attached hydrogens (tertiary/aromatic N) is 1. The maximum absolute atomic E-state index is 12.4. The van der Waals surface area contributed by atoms with E-state index in [1.54, 1.807) is 0 Å². The summed E-state index contributed by atoms with van der Waals surface area (Å²) < 4.78 is 0.916. The largest absolute Gasteiger partial charge is 0.324 e. The molecule has 3 rings (SSSR count). The summed E-state index contributed by atoms with van der Waals surface area (Å²) in [4.78, 5) is 14.5. The van der Waals surface area contributed by atoms with Crippen LogP contribution in [0.25, 0.3) is 0 Å². The van der Waals surface area contributed by atoms with Crippen molar-refractivity contribution in [3.63, 3.8) is 0 Å². The molecule has 0 bridgehead atoms. The predicted octanol–water partition coefficient (Wildman–Crippen LogP) is 4.32. The molecule has 0 saturated heterocycles. The van der Waals surface area contributed by atoms with Gasteiger partial charge in [-0.25, -0.2) is 0 Å². The molecule has 2 aromatic rings. The van der Waals surface area contributed by atoms with Gasteiger partial charge < -0.3 is 5.32 Å². The Morgan fingerprint density at radius 1 is 1.30 bits per heavy atom. The lowest BCUT2D eigenvalue weighted by Gasteiger charge is -2.24. The zero-order valence-corrected chi connectivity index (χ0v) is 15.1. The molecule has 23 heavy (non-hydrogen) atoms. The number of benzene rings is 2. The summed E-state index contributed by atoms with van der Waals surface area (Å²) in [5.74, 6) is 0.0152. The molecular weight excluding hydrogens is 352 g/mol. The molecule has 1 N–H and O–H groups in total. The van der Waals surface area contributed by atoms with Gasteiger partial charge in [0, 0.05) is 10.5 Å². The minimum atomic E-state index is 0.0152. The van der Waals surface area contributed by atoms with Gasteiger partial charge in [0.2, 0.25) is 5.91 Å². The van der Waals surface area contributed by atoms with E-state index in [4.69, 9.17) is 0 Å². The fourth-order valence-electron chi connectivity index (χ4n) is 3.24. The Kier molecular flexibility index (Phi) is 4.83. The van der Waals surface area contributed by atoms with Crippen molar-refractivity contribution in [2.75, 3.05) is 18.9 Å². The molecule has 0 saturated carbocycles. The summed E-state index contributed by atoms with van der Waals surface area (Å²) >= 11 is 3.50. The lowest BCUT2D eigenvalue weighted by molar-refractivity contribution is -0.117. The van der Waals surface area contributed by atoms with Gasteiger partial charge in [-0.05, 0) is 71.6 Å². The number of anilines is 1. The molecule has 1 amide bonds. The van der Waals surface area contributed by atoms with Gasteiger partial charge in [0.05, 0.1) is 12.2 Å². The Balaban J connectivity index is 1.64. The third kappa shape index (κ3) is 3.65. The smallest absolute Gasteiger partial charge is 0.238 e. The van der Waals surface area contributed by atoms with Gasteiger partial charge in [0.25, 0.3) is 0 Å². The van der Waals surface area contributed by atoms with Gasteiger partial charge in [-0.2, -0.15) is 0 Å². The highest BCUT2D eigenvalue weighted by Gasteiger charge is 2.26. The summed E-state index contributed by atoms with van der Waals surface area (Å²) in [5, 5.41) is 2.99. The SMILES string of the molecule is Cc1ccc(NC(=O)CN(C)[C@@H]2CCc3ccccc32)c(Br)c1. The second-order valence-electron chi connectivity index (χ2n) is 6.20. The van der Waals surface area contributed by atoms with Gasteiger partial charge in [0.15, 0.2) is 0 Å². The molecular formula is C19H21BrN2O.